The van der Waals surface area contributed by atoms with Crippen molar-refractivity contribution in [2.45, 2.75) is 0 Å². The number of aromatic nitrogens is 1. The van der Waals surface area contributed by atoms with Gasteiger partial charge in [-0.3, -0.25) is 0 Å². The Morgan fingerprint density at radius 3 is 2.53 bits per heavy atom. The van der Waals surface area contributed by atoms with Crippen LogP contribution in [0.2, 0.25) is 0 Å². The summed E-state index contributed by atoms with van der Waals surface area (Å²) in [5, 5.41) is 1.28. The van der Waals surface area contributed by atoms with Crippen LogP contribution in [0.5, 0.6) is 0 Å². The Labute approximate surface area is 88.0 Å². The summed E-state index contributed by atoms with van der Waals surface area (Å²) in [6.07, 6.45) is 8.88. The second-order valence-corrected chi connectivity index (χ2v) is 2.99. The Morgan fingerprint density at radius 2 is 1.93 bits per heavy atom. The lowest BCUT2D eigenvalue weighted by Crippen LogP contribution is -2.01. The van der Waals surface area contributed by atoms with Crippen LogP contribution in [0.15, 0.2) is 61.1 Å². The molecule has 1 aliphatic heterocycles. The first-order valence-corrected chi connectivity index (χ1v) is 4.72. The quantitative estimate of drug-likeness (QED) is 0.686. The number of hydroxylamine groups is 1. The molecular weight excluding hydrogens is 188 g/mol. The van der Waals surface area contributed by atoms with Crippen LogP contribution in [-0.4, -0.2) is 4.98 Å². The number of hydrogen-bond acceptors (Lipinski definition) is 2. The van der Waals surface area contributed by atoms with Crippen molar-refractivity contribution in [3.63, 3.8) is 0 Å². The first kappa shape index (κ1) is 9.40. The molecule has 76 valence electrons. The number of para-hydroxylation sites is 1. The summed E-state index contributed by atoms with van der Waals surface area (Å²) in [6, 6.07) is 10.3. The van der Waals surface area contributed by atoms with Gasteiger partial charge in [-0.2, -0.15) is 0 Å². The van der Waals surface area contributed by atoms with Gasteiger partial charge >= 0.3 is 0 Å². The van der Waals surface area contributed by atoms with Crippen LogP contribution in [0, 0.1) is 0 Å². The highest BCUT2D eigenvalue weighted by molar-refractivity contribution is 5.78. The van der Waals surface area contributed by atoms with E-state index in [1.165, 1.54) is 10.9 Å². The number of benzene rings is 1. The van der Waals surface area contributed by atoms with Gasteiger partial charge in [0.1, 0.15) is 6.26 Å². The molecule has 0 amide bonds. The Bertz CT molecular complexity index is 429. The van der Waals surface area contributed by atoms with Gasteiger partial charge in [-0.15, -0.1) is 0 Å². The fourth-order valence-electron chi connectivity index (χ4n) is 1.25. The van der Waals surface area contributed by atoms with E-state index in [0.29, 0.717) is 0 Å². The molecule has 3 heteroatoms. The van der Waals surface area contributed by atoms with Crippen LogP contribution in [0.3, 0.4) is 0 Å². The third-order valence-electron chi connectivity index (χ3n) is 1.95. The predicted octanol–water partition coefficient (Wildman–Crippen LogP) is 2.72. The largest absolute Gasteiger partial charge is 0.391 e. The molecule has 0 aliphatic carbocycles. The lowest BCUT2D eigenvalue weighted by atomic mass is 10.3. The lowest BCUT2D eigenvalue weighted by Gasteiger charge is -1.97. The Kier molecular flexibility index (Phi) is 3.07. The minimum absolute atomic E-state index is 1.21. The topological polar surface area (TPSA) is 37.0 Å². The van der Waals surface area contributed by atoms with Gasteiger partial charge < -0.3 is 9.82 Å². The molecule has 0 bridgehead atoms. The summed E-state index contributed by atoms with van der Waals surface area (Å²) < 4.78 is 0. The number of hydrogen-bond donors (Lipinski definition) is 2. The number of H-pyrrole nitrogens is 1. The van der Waals surface area contributed by atoms with Gasteiger partial charge in [0.25, 0.3) is 0 Å². The normalized spacial score (nSPS) is 12.5. The first-order valence-electron chi connectivity index (χ1n) is 4.72. The van der Waals surface area contributed by atoms with Gasteiger partial charge in [0.05, 0.1) is 0 Å². The third-order valence-corrected chi connectivity index (χ3v) is 1.95. The fourth-order valence-corrected chi connectivity index (χ4v) is 1.25. The summed E-state index contributed by atoms with van der Waals surface area (Å²) in [5.41, 5.74) is 3.72. The number of rotatable bonds is 0. The zero-order chi connectivity index (χ0) is 10.3. The van der Waals surface area contributed by atoms with Crippen LogP contribution in [0.4, 0.5) is 0 Å². The maximum absolute atomic E-state index is 4.55. The van der Waals surface area contributed by atoms with Crippen LogP contribution in [0.25, 0.3) is 10.9 Å². The van der Waals surface area contributed by atoms with E-state index in [-0.39, 0.29) is 0 Å². The molecule has 1 aromatic carbocycles. The molecule has 1 aliphatic rings. The van der Waals surface area contributed by atoms with Crippen molar-refractivity contribution in [1.29, 1.82) is 0 Å². The average molecular weight is 200 g/mol. The molecule has 2 aromatic rings. The molecule has 0 spiro atoms. The van der Waals surface area contributed by atoms with Crippen molar-refractivity contribution in [3.8, 4) is 0 Å². The second-order valence-electron chi connectivity index (χ2n) is 2.99. The highest BCUT2D eigenvalue weighted by Crippen LogP contribution is 2.09. The van der Waals surface area contributed by atoms with Gasteiger partial charge in [0.15, 0.2) is 0 Å². The molecule has 0 radical (unpaired) electrons. The number of fused-ring (bicyclic) bond motifs is 1. The van der Waals surface area contributed by atoms with Crippen molar-refractivity contribution < 1.29 is 4.84 Å². The first-order chi connectivity index (χ1) is 7.47. The number of allylic oxidation sites excluding steroid dienone is 2. The van der Waals surface area contributed by atoms with Crippen LogP contribution in [0.1, 0.15) is 0 Å². The Hall–Kier alpha value is -2.16. The molecule has 0 saturated carbocycles. The van der Waals surface area contributed by atoms with Crippen molar-refractivity contribution in [1.82, 2.24) is 10.5 Å². The van der Waals surface area contributed by atoms with Crippen molar-refractivity contribution in [2.75, 3.05) is 0 Å². The van der Waals surface area contributed by atoms with Crippen LogP contribution < -0.4 is 5.48 Å². The molecule has 2 N–H and O–H groups in total. The van der Waals surface area contributed by atoms with Gasteiger partial charge in [0, 0.05) is 17.9 Å². The molecule has 0 unspecified atom stereocenters. The maximum atomic E-state index is 4.55. The van der Waals surface area contributed by atoms with E-state index in [9.17, 15) is 0 Å². The molecule has 2 heterocycles. The number of aromatic amines is 1. The minimum Gasteiger partial charge on any atom is -0.391 e. The third kappa shape index (κ3) is 2.64. The molecule has 15 heavy (non-hydrogen) atoms. The molecule has 0 atom stereocenters. The smallest absolute Gasteiger partial charge is 0.119 e. The predicted molar refractivity (Wildman–Crippen MR) is 60.8 cm³/mol. The SMILES string of the molecule is C1=CNOC=C1.c1ccc2[nH]ccc2c1. The van der Waals surface area contributed by atoms with Gasteiger partial charge in [-0.25, -0.2) is 5.48 Å². The van der Waals surface area contributed by atoms with E-state index >= 15 is 0 Å². The highest BCUT2D eigenvalue weighted by atomic mass is 16.6. The van der Waals surface area contributed by atoms with Crippen molar-refractivity contribution in [3.05, 3.63) is 61.1 Å². The highest BCUT2D eigenvalue weighted by Gasteiger charge is 1.86. The maximum Gasteiger partial charge on any atom is 0.119 e. The summed E-state index contributed by atoms with van der Waals surface area (Å²) >= 11 is 0. The zero-order valence-corrected chi connectivity index (χ0v) is 8.18. The average Bonchev–Trinajstić information content (AvgIpc) is 2.80. The van der Waals surface area contributed by atoms with Crippen LogP contribution >= 0.6 is 0 Å². The summed E-state index contributed by atoms with van der Waals surface area (Å²) in [6.45, 7) is 0. The van der Waals surface area contributed by atoms with Crippen LogP contribution in [-0.2, 0) is 4.84 Å². The molecular formula is C12H12N2O. The van der Waals surface area contributed by atoms with Gasteiger partial charge in [0.2, 0.25) is 0 Å². The summed E-state index contributed by atoms with van der Waals surface area (Å²) in [4.78, 5) is 7.67. The summed E-state index contributed by atoms with van der Waals surface area (Å²) in [5.74, 6) is 0. The van der Waals surface area contributed by atoms with E-state index in [1.54, 1.807) is 18.5 Å². The van der Waals surface area contributed by atoms with E-state index in [0.717, 1.165) is 0 Å². The Morgan fingerprint density at radius 1 is 1.00 bits per heavy atom. The van der Waals surface area contributed by atoms with Gasteiger partial charge in [-0.1, -0.05) is 18.2 Å². The van der Waals surface area contributed by atoms with E-state index in [1.807, 2.05) is 24.4 Å². The van der Waals surface area contributed by atoms with E-state index in [2.05, 4.69) is 33.5 Å². The minimum atomic E-state index is 1.21. The zero-order valence-electron chi connectivity index (χ0n) is 8.18. The standard InChI is InChI=1S/C8H7N.C4H5NO/c1-2-4-8-7(3-1)5-6-9-8;1-2-4-6-5-3-1/h1-6,9H;1-5H. The van der Waals surface area contributed by atoms with Crippen molar-refractivity contribution in [2.24, 2.45) is 0 Å². The molecule has 0 fully saturated rings. The number of nitrogens with one attached hydrogen (secondary N) is 2. The van der Waals surface area contributed by atoms with E-state index in [4.69, 9.17) is 0 Å². The molecule has 3 rings (SSSR count). The van der Waals surface area contributed by atoms with E-state index < -0.39 is 0 Å². The fraction of sp³-hybridized carbons (Fsp3) is 0. The molecule has 3 nitrogen and oxygen atoms in total. The molecule has 1 aromatic heterocycles. The monoisotopic (exact) mass is 200 g/mol. The second kappa shape index (κ2) is 4.91. The van der Waals surface area contributed by atoms with Gasteiger partial charge in [-0.05, 0) is 29.7 Å². The molecule has 0 saturated heterocycles. The summed E-state index contributed by atoms with van der Waals surface area (Å²) in [7, 11) is 0. The Balaban J connectivity index is 0.000000124. The van der Waals surface area contributed by atoms with Crippen molar-refractivity contribution >= 4 is 10.9 Å². The lowest BCUT2D eigenvalue weighted by molar-refractivity contribution is 0.172.